The number of rotatable bonds is 5. The van der Waals surface area contributed by atoms with E-state index in [-0.39, 0.29) is 11.8 Å². The summed E-state index contributed by atoms with van der Waals surface area (Å²) in [6.07, 6.45) is 1.49. The smallest absolute Gasteiger partial charge is 0.246 e. The largest absolute Gasteiger partial charge is 0.374 e. The second-order valence-electron chi connectivity index (χ2n) is 6.06. The molecular formula is C19H20BrN3O2. The van der Waals surface area contributed by atoms with Crippen LogP contribution >= 0.6 is 15.9 Å². The molecule has 1 unspecified atom stereocenters. The topological polar surface area (TPSA) is 61.4 Å². The molecule has 130 valence electrons. The summed E-state index contributed by atoms with van der Waals surface area (Å²) in [5, 5.41) is 6.08. The lowest BCUT2D eigenvalue weighted by atomic mass is 10.2. The standard InChI is InChI=1S/C19H20BrN3O2/c1-13(19(25)22-15-6-2-5-14(20)11-15)21-16-7-3-8-17(12-16)23-10-4-9-18(23)24/h2-3,5-8,11-13,21H,4,9-10H2,1H3,(H,22,25). The van der Waals surface area contributed by atoms with Gasteiger partial charge in [0.1, 0.15) is 6.04 Å². The van der Waals surface area contributed by atoms with E-state index in [9.17, 15) is 9.59 Å². The number of nitrogens with zero attached hydrogens (tertiary/aromatic N) is 1. The molecule has 25 heavy (non-hydrogen) atoms. The van der Waals surface area contributed by atoms with Crippen molar-refractivity contribution in [3.63, 3.8) is 0 Å². The van der Waals surface area contributed by atoms with Crippen LogP contribution in [-0.4, -0.2) is 24.4 Å². The average Bonchev–Trinajstić information content (AvgIpc) is 3.01. The van der Waals surface area contributed by atoms with Crippen LogP contribution in [0.15, 0.2) is 53.0 Å². The van der Waals surface area contributed by atoms with Crippen LogP contribution in [0.25, 0.3) is 0 Å². The van der Waals surface area contributed by atoms with E-state index in [0.717, 1.165) is 34.5 Å². The van der Waals surface area contributed by atoms with Gasteiger partial charge in [-0.1, -0.05) is 28.1 Å². The number of anilines is 3. The molecule has 0 saturated carbocycles. The number of nitrogens with one attached hydrogen (secondary N) is 2. The third kappa shape index (κ3) is 4.39. The van der Waals surface area contributed by atoms with Crippen LogP contribution < -0.4 is 15.5 Å². The summed E-state index contributed by atoms with van der Waals surface area (Å²) in [6, 6.07) is 14.7. The molecule has 2 aromatic rings. The fraction of sp³-hybridized carbons (Fsp3) is 0.263. The SMILES string of the molecule is CC(Nc1cccc(N2CCCC2=O)c1)C(=O)Nc1cccc(Br)c1. The van der Waals surface area contributed by atoms with E-state index in [1.165, 1.54) is 0 Å². The van der Waals surface area contributed by atoms with Gasteiger partial charge in [0.05, 0.1) is 0 Å². The van der Waals surface area contributed by atoms with Gasteiger partial charge in [0.25, 0.3) is 0 Å². The van der Waals surface area contributed by atoms with Crippen molar-refractivity contribution < 1.29 is 9.59 Å². The van der Waals surface area contributed by atoms with Crippen molar-refractivity contribution in [1.82, 2.24) is 0 Å². The monoisotopic (exact) mass is 401 g/mol. The van der Waals surface area contributed by atoms with Crippen LogP contribution in [0.1, 0.15) is 19.8 Å². The molecule has 2 amide bonds. The zero-order chi connectivity index (χ0) is 17.8. The molecule has 0 bridgehead atoms. The van der Waals surface area contributed by atoms with Crippen LogP contribution in [0, 0.1) is 0 Å². The molecule has 1 aliphatic heterocycles. The zero-order valence-electron chi connectivity index (χ0n) is 14.0. The fourth-order valence-electron chi connectivity index (χ4n) is 2.82. The summed E-state index contributed by atoms with van der Waals surface area (Å²) >= 11 is 3.39. The van der Waals surface area contributed by atoms with Crippen LogP contribution in [0.4, 0.5) is 17.1 Å². The first-order valence-electron chi connectivity index (χ1n) is 8.26. The van der Waals surface area contributed by atoms with Crippen LogP contribution in [0.5, 0.6) is 0 Å². The number of halogens is 1. The molecule has 1 fully saturated rings. The minimum absolute atomic E-state index is 0.124. The quantitative estimate of drug-likeness (QED) is 0.795. The molecule has 1 aliphatic rings. The summed E-state index contributed by atoms with van der Waals surface area (Å²) in [6.45, 7) is 2.56. The molecule has 1 saturated heterocycles. The Morgan fingerprint density at radius 1 is 1.16 bits per heavy atom. The molecule has 0 spiro atoms. The van der Waals surface area contributed by atoms with Crippen molar-refractivity contribution >= 4 is 44.8 Å². The van der Waals surface area contributed by atoms with E-state index in [0.29, 0.717) is 6.42 Å². The van der Waals surface area contributed by atoms with Gasteiger partial charge in [-0.25, -0.2) is 0 Å². The van der Waals surface area contributed by atoms with Gasteiger partial charge in [0.15, 0.2) is 0 Å². The number of amides is 2. The zero-order valence-corrected chi connectivity index (χ0v) is 15.5. The lowest BCUT2D eigenvalue weighted by Crippen LogP contribution is -2.32. The Hall–Kier alpha value is -2.34. The number of hydrogen-bond acceptors (Lipinski definition) is 3. The van der Waals surface area contributed by atoms with E-state index in [2.05, 4.69) is 26.6 Å². The third-order valence-electron chi connectivity index (χ3n) is 4.10. The lowest BCUT2D eigenvalue weighted by Gasteiger charge is -2.19. The van der Waals surface area contributed by atoms with Gasteiger partial charge < -0.3 is 15.5 Å². The molecule has 2 N–H and O–H groups in total. The highest BCUT2D eigenvalue weighted by Crippen LogP contribution is 2.24. The highest BCUT2D eigenvalue weighted by atomic mass is 79.9. The normalized spacial score (nSPS) is 15.1. The Balaban J connectivity index is 1.65. The molecule has 0 radical (unpaired) electrons. The fourth-order valence-corrected chi connectivity index (χ4v) is 3.22. The molecule has 1 atom stereocenters. The van der Waals surface area contributed by atoms with Crippen molar-refractivity contribution in [3.05, 3.63) is 53.0 Å². The highest BCUT2D eigenvalue weighted by molar-refractivity contribution is 9.10. The molecule has 0 aromatic heterocycles. The van der Waals surface area contributed by atoms with E-state index < -0.39 is 6.04 Å². The summed E-state index contributed by atoms with van der Waals surface area (Å²) in [5.74, 6) is 0.0262. The number of carbonyl (C=O) groups excluding carboxylic acids is 2. The van der Waals surface area contributed by atoms with Gasteiger partial charge in [-0.15, -0.1) is 0 Å². The molecule has 1 heterocycles. The minimum Gasteiger partial charge on any atom is -0.374 e. The van der Waals surface area contributed by atoms with E-state index in [1.54, 1.807) is 11.8 Å². The maximum Gasteiger partial charge on any atom is 0.246 e. The molecule has 0 aliphatic carbocycles. The summed E-state index contributed by atoms with van der Waals surface area (Å²) in [5.41, 5.74) is 2.42. The van der Waals surface area contributed by atoms with E-state index in [1.807, 2.05) is 48.5 Å². The predicted octanol–water partition coefficient (Wildman–Crippen LogP) is 4.02. The maximum atomic E-state index is 12.4. The van der Waals surface area contributed by atoms with Crippen LogP contribution in [0.3, 0.4) is 0 Å². The Kier molecular flexibility index (Phi) is 5.38. The van der Waals surface area contributed by atoms with Crippen molar-refractivity contribution in [1.29, 1.82) is 0 Å². The first-order valence-corrected chi connectivity index (χ1v) is 9.05. The first kappa shape index (κ1) is 17.5. The van der Waals surface area contributed by atoms with Crippen molar-refractivity contribution in [3.8, 4) is 0 Å². The van der Waals surface area contributed by atoms with Crippen molar-refractivity contribution in [2.45, 2.75) is 25.8 Å². The summed E-state index contributed by atoms with van der Waals surface area (Å²) in [4.78, 5) is 26.0. The van der Waals surface area contributed by atoms with E-state index >= 15 is 0 Å². The molecular weight excluding hydrogens is 382 g/mol. The minimum atomic E-state index is -0.413. The van der Waals surface area contributed by atoms with Gasteiger partial charge >= 0.3 is 0 Å². The summed E-state index contributed by atoms with van der Waals surface area (Å²) in [7, 11) is 0. The van der Waals surface area contributed by atoms with Crippen LogP contribution in [0.2, 0.25) is 0 Å². The van der Waals surface area contributed by atoms with Gasteiger partial charge in [0, 0.05) is 34.5 Å². The van der Waals surface area contributed by atoms with E-state index in [4.69, 9.17) is 0 Å². The number of benzene rings is 2. The molecule has 3 rings (SSSR count). The number of hydrogen-bond donors (Lipinski definition) is 2. The first-order chi connectivity index (χ1) is 12.0. The second kappa shape index (κ2) is 7.70. The Bertz CT molecular complexity index is 794. The van der Waals surface area contributed by atoms with Crippen LogP contribution in [-0.2, 0) is 9.59 Å². The van der Waals surface area contributed by atoms with Gasteiger partial charge in [0.2, 0.25) is 11.8 Å². The predicted molar refractivity (Wildman–Crippen MR) is 104 cm³/mol. The Morgan fingerprint density at radius 2 is 1.92 bits per heavy atom. The number of carbonyl (C=O) groups is 2. The molecule has 6 heteroatoms. The van der Waals surface area contributed by atoms with Crippen molar-refractivity contribution in [2.75, 3.05) is 22.1 Å². The average molecular weight is 402 g/mol. The van der Waals surface area contributed by atoms with Gasteiger partial charge in [-0.2, -0.15) is 0 Å². The summed E-state index contributed by atoms with van der Waals surface area (Å²) < 4.78 is 0.911. The maximum absolute atomic E-state index is 12.4. The highest BCUT2D eigenvalue weighted by Gasteiger charge is 2.22. The molecule has 2 aromatic carbocycles. The van der Waals surface area contributed by atoms with Gasteiger partial charge in [-0.05, 0) is 49.7 Å². The molecule has 5 nitrogen and oxygen atoms in total. The third-order valence-corrected chi connectivity index (χ3v) is 4.59. The second-order valence-corrected chi connectivity index (χ2v) is 6.98. The van der Waals surface area contributed by atoms with Crippen molar-refractivity contribution in [2.24, 2.45) is 0 Å². The van der Waals surface area contributed by atoms with Gasteiger partial charge in [-0.3, -0.25) is 9.59 Å². The lowest BCUT2D eigenvalue weighted by molar-refractivity contribution is -0.117. The Morgan fingerprint density at radius 3 is 2.64 bits per heavy atom. The Labute approximate surface area is 155 Å².